The topological polar surface area (TPSA) is 15.3 Å². The van der Waals surface area contributed by atoms with E-state index in [1.807, 2.05) is 0 Å². The maximum absolute atomic E-state index is 3.63. The second-order valence-electron chi connectivity index (χ2n) is 6.40. The van der Waals surface area contributed by atoms with E-state index in [1.165, 1.54) is 70.9 Å². The van der Waals surface area contributed by atoms with Crippen LogP contribution in [0.2, 0.25) is 0 Å². The average molecular weight is 238 g/mol. The van der Waals surface area contributed by atoms with Crippen LogP contribution in [0, 0.1) is 5.92 Å². The van der Waals surface area contributed by atoms with Crippen LogP contribution in [0.5, 0.6) is 0 Å². The van der Waals surface area contributed by atoms with E-state index >= 15 is 0 Å². The molecule has 1 N–H and O–H groups in total. The van der Waals surface area contributed by atoms with Gasteiger partial charge in [0.25, 0.3) is 0 Å². The summed E-state index contributed by atoms with van der Waals surface area (Å²) in [5.41, 5.74) is 0.464. The molecule has 0 radical (unpaired) electrons. The summed E-state index contributed by atoms with van der Waals surface area (Å²) in [5, 5.41) is 3.63. The van der Waals surface area contributed by atoms with E-state index in [4.69, 9.17) is 0 Å². The van der Waals surface area contributed by atoms with Gasteiger partial charge in [-0.3, -0.25) is 0 Å². The summed E-state index contributed by atoms with van der Waals surface area (Å²) >= 11 is 0. The second-order valence-corrected chi connectivity index (χ2v) is 6.40. The highest BCUT2D eigenvalue weighted by molar-refractivity contribution is 4.90. The summed E-state index contributed by atoms with van der Waals surface area (Å²) in [4.78, 5) is 2.57. The van der Waals surface area contributed by atoms with Crippen molar-refractivity contribution in [1.29, 1.82) is 0 Å². The predicted octanol–water partition coefficient (Wildman–Crippen LogP) is 3.03. The first-order valence-corrected chi connectivity index (χ1v) is 7.62. The Morgan fingerprint density at radius 1 is 1.12 bits per heavy atom. The Balaban J connectivity index is 1.70. The third-order valence-electron chi connectivity index (χ3n) is 5.11. The average Bonchev–Trinajstić information content (AvgIpc) is 2.32. The van der Waals surface area contributed by atoms with Crippen LogP contribution in [-0.4, -0.2) is 37.6 Å². The lowest BCUT2D eigenvalue weighted by atomic mass is 9.79. The third-order valence-corrected chi connectivity index (χ3v) is 5.11. The second kappa shape index (κ2) is 6.19. The molecule has 17 heavy (non-hydrogen) atoms. The smallest absolute Gasteiger partial charge is 0.0190 e. The molecule has 2 aliphatic carbocycles. The van der Waals surface area contributed by atoms with Crippen LogP contribution in [-0.2, 0) is 0 Å². The van der Waals surface area contributed by atoms with Gasteiger partial charge in [-0.1, -0.05) is 25.7 Å². The summed E-state index contributed by atoms with van der Waals surface area (Å²) in [7, 11) is 4.47. The van der Waals surface area contributed by atoms with Crippen molar-refractivity contribution in [2.45, 2.75) is 63.3 Å². The van der Waals surface area contributed by atoms with Gasteiger partial charge in [-0.2, -0.15) is 0 Å². The molecule has 0 atom stereocenters. The van der Waals surface area contributed by atoms with Crippen LogP contribution in [0.15, 0.2) is 0 Å². The fraction of sp³-hybridized carbons (Fsp3) is 1.00. The minimum absolute atomic E-state index is 0.464. The summed E-state index contributed by atoms with van der Waals surface area (Å²) in [6.07, 6.45) is 12.8. The monoisotopic (exact) mass is 238 g/mol. The van der Waals surface area contributed by atoms with E-state index in [0.717, 1.165) is 5.92 Å². The Kier molecular flexibility index (Phi) is 4.87. The lowest BCUT2D eigenvalue weighted by molar-refractivity contribution is 0.165. The normalized spacial score (nSPS) is 24.9. The van der Waals surface area contributed by atoms with Crippen LogP contribution >= 0.6 is 0 Å². The predicted molar refractivity (Wildman–Crippen MR) is 74.3 cm³/mol. The van der Waals surface area contributed by atoms with Crippen molar-refractivity contribution >= 4 is 0 Å². The minimum atomic E-state index is 0.464. The molecule has 0 aliphatic heterocycles. The van der Waals surface area contributed by atoms with E-state index in [1.54, 1.807) is 0 Å². The Hall–Kier alpha value is -0.0800. The fourth-order valence-corrected chi connectivity index (χ4v) is 3.47. The highest BCUT2D eigenvalue weighted by atomic mass is 15.1. The summed E-state index contributed by atoms with van der Waals surface area (Å²) < 4.78 is 0. The molecule has 2 aliphatic rings. The largest absolute Gasteiger partial charge is 0.314 e. The van der Waals surface area contributed by atoms with Gasteiger partial charge in [0.15, 0.2) is 0 Å². The maximum Gasteiger partial charge on any atom is 0.0190 e. The van der Waals surface area contributed by atoms with Crippen molar-refractivity contribution in [3.63, 3.8) is 0 Å². The van der Waals surface area contributed by atoms with Gasteiger partial charge < -0.3 is 10.2 Å². The van der Waals surface area contributed by atoms with Gasteiger partial charge >= 0.3 is 0 Å². The molecular formula is C15H30N2. The first-order chi connectivity index (χ1) is 8.24. The Bertz CT molecular complexity index is 217. The van der Waals surface area contributed by atoms with E-state index in [9.17, 15) is 0 Å². The van der Waals surface area contributed by atoms with Crippen molar-refractivity contribution in [1.82, 2.24) is 10.2 Å². The summed E-state index contributed by atoms with van der Waals surface area (Å²) in [5.74, 6) is 1.01. The zero-order valence-corrected chi connectivity index (χ0v) is 11.8. The van der Waals surface area contributed by atoms with E-state index in [-0.39, 0.29) is 0 Å². The van der Waals surface area contributed by atoms with E-state index in [0.29, 0.717) is 5.54 Å². The van der Waals surface area contributed by atoms with Crippen LogP contribution in [0.1, 0.15) is 57.8 Å². The Morgan fingerprint density at radius 2 is 1.82 bits per heavy atom. The minimum Gasteiger partial charge on any atom is -0.314 e. The molecule has 0 saturated heterocycles. The van der Waals surface area contributed by atoms with Crippen molar-refractivity contribution in [3.8, 4) is 0 Å². The van der Waals surface area contributed by atoms with Crippen LogP contribution in [0.3, 0.4) is 0 Å². The fourth-order valence-electron chi connectivity index (χ4n) is 3.47. The highest BCUT2D eigenvalue weighted by Gasteiger charge is 2.30. The lowest BCUT2D eigenvalue weighted by Crippen LogP contribution is -2.47. The number of nitrogens with zero attached hydrogens (tertiary/aromatic N) is 1. The van der Waals surface area contributed by atoms with Gasteiger partial charge in [-0.05, 0) is 58.7 Å². The van der Waals surface area contributed by atoms with Gasteiger partial charge in [0.1, 0.15) is 0 Å². The molecule has 0 aromatic rings. The first-order valence-electron chi connectivity index (χ1n) is 7.62. The number of hydrogen-bond donors (Lipinski definition) is 1. The molecule has 100 valence electrons. The van der Waals surface area contributed by atoms with Gasteiger partial charge in [-0.25, -0.2) is 0 Å². The van der Waals surface area contributed by atoms with Crippen LogP contribution < -0.4 is 5.32 Å². The molecule has 2 rings (SSSR count). The molecule has 0 heterocycles. The molecule has 0 aromatic carbocycles. The zero-order valence-electron chi connectivity index (χ0n) is 11.8. The highest BCUT2D eigenvalue weighted by Crippen LogP contribution is 2.31. The van der Waals surface area contributed by atoms with Crippen LogP contribution in [0.25, 0.3) is 0 Å². The molecule has 2 heteroatoms. The summed E-state index contributed by atoms with van der Waals surface area (Å²) in [6, 6.07) is 0. The van der Waals surface area contributed by atoms with Gasteiger partial charge in [0.2, 0.25) is 0 Å². The Labute approximate surface area is 107 Å². The quantitative estimate of drug-likeness (QED) is 0.765. The summed E-state index contributed by atoms with van der Waals surface area (Å²) in [6.45, 7) is 2.61. The molecule has 0 unspecified atom stereocenters. The molecule has 0 spiro atoms. The Morgan fingerprint density at radius 3 is 2.35 bits per heavy atom. The third kappa shape index (κ3) is 3.69. The molecule has 2 fully saturated rings. The number of rotatable bonds is 6. The van der Waals surface area contributed by atoms with Crippen molar-refractivity contribution < 1.29 is 0 Å². The number of hydrogen-bond acceptors (Lipinski definition) is 2. The SMILES string of the molecule is CNC1(CCN(C)CC2CCC2)CCCCC1. The van der Waals surface area contributed by atoms with Crippen molar-refractivity contribution in [2.24, 2.45) is 5.92 Å². The lowest BCUT2D eigenvalue weighted by Gasteiger charge is -2.39. The molecule has 2 saturated carbocycles. The van der Waals surface area contributed by atoms with Gasteiger partial charge in [0.05, 0.1) is 0 Å². The zero-order chi connectivity index (χ0) is 12.1. The van der Waals surface area contributed by atoms with Crippen molar-refractivity contribution in [3.05, 3.63) is 0 Å². The molecule has 0 aromatic heterocycles. The maximum atomic E-state index is 3.63. The molecular weight excluding hydrogens is 208 g/mol. The van der Waals surface area contributed by atoms with E-state index in [2.05, 4.69) is 24.3 Å². The van der Waals surface area contributed by atoms with Crippen LogP contribution in [0.4, 0.5) is 0 Å². The molecule has 0 bridgehead atoms. The van der Waals surface area contributed by atoms with Gasteiger partial charge in [0, 0.05) is 12.1 Å². The van der Waals surface area contributed by atoms with Gasteiger partial charge in [-0.15, -0.1) is 0 Å². The number of nitrogens with one attached hydrogen (secondary N) is 1. The molecule has 0 amide bonds. The standard InChI is InChI=1S/C15H30N2/c1-16-15(9-4-3-5-10-15)11-12-17(2)13-14-7-6-8-14/h14,16H,3-13H2,1-2H3. The first kappa shape index (κ1) is 13.4. The van der Waals surface area contributed by atoms with Crippen molar-refractivity contribution in [2.75, 3.05) is 27.2 Å². The van der Waals surface area contributed by atoms with E-state index < -0.39 is 0 Å². The molecule has 2 nitrogen and oxygen atoms in total.